The monoisotopic (exact) mass is 278 g/mol. The van der Waals surface area contributed by atoms with Gasteiger partial charge in [0.25, 0.3) is 5.91 Å². The lowest BCUT2D eigenvalue weighted by atomic mass is 10.0. The van der Waals surface area contributed by atoms with Crippen LogP contribution in [0.5, 0.6) is 0 Å². The van der Waals surface area contributed by atoms with Crippen molar-refractivity contribution < 1.29 is 19.4 Å². The zero-order valence-corrected chi connectivity index (χ0v) is 11.3. The molecule has 1 aromatic rings. The Morgan fingerprint density at radius 1 is 1.45 bits per heavy atom. The van der Waals surface area contributed by atoms with E-state index in [1.165, 1.54) is 0 Å². The zero-order valence-electron chi connectivity index (χ0n) is 11.3. The van der Waals surface area contributed by atoms with E-state index in [2.05, 4.69) is 0 Å². The molecule has 0 spiro atoms. The molecule has 1 heterocycles. The minimum Gasteiger partial charge on any atom is -0.478 e. The van der Waals surface area contributed by atoms with Gasteiger partial charge in [-0.15, -0.1) is 0 Å². The standard InChI is InChI=1S/C14H18N2O4/c1-14(13(15)19)9-16(6-7-20-14)8-10-4-2-3-5-11(10)12(17)18/h2-5H,6-9H2,1H3,(H2,15,19)(H,17,18)/t14-/m0/s1. The number of nitrogens with zero attached hydrogens (tertiary/aromatic N) is 1. The molecular weight excluding hydrogens is 260 g/mol. The van der Waals surface area contributed by atoms with Crippen molar-refractivity contribution in [2.45, 2.75) is 19.1 Å². The Balaban J connectivity index is 2.14. The van der Waals surface area contributed by atoms with E-state index in [-0.39, 0.29) is 5.56 Å². The fraction of sp³-hybridized carbons (Fsp3) is 0.429. The van der Waals surface area contributed by atoms with Crippen LogP contribution in [0.2, 0.25) is 0 Å². The van der Waals surface area contributed by atoms with Crippen LogP contribution in [0.15, 0.2) is 24.3 Å². The number of ether oxygens (including phenoxy) is 1. The first-order chi connectivity index (χ1) is 9.42. The Hall–Kier alpha value is -1.92. The van der Waals surface area contributed by atoms with Crippen LogP contribution in [-0.2, 0) is 16.1 Å². The number of primary amides is 1. The van der Waals surface area contributed by atoms with E-state index in [1.54, 1.807) is 31.2 Å². The highest BCUT2D eigenvalue weighted by Crippen LogP contribution is 2.20. The third-order valence-corrected chi connectivity index (χ3v) is 3.52. The van der Waals surface area contributed by atoms with Gasteiger partial charge in [-0.1, -0.05) is 18.2 Å². The molecule has 20 heavy (non-hydrogen) atoms. The third kappa shape index (κ3) is 2.97. The molecule has 1 aromatic carbocycles. The second-order valence-electron chi connectivity index (χ2n) is 5.12. The van der Waals surface area contributed by atoms with Crippen molar-refractivity contribution in [2.24, 2.45) is 5.73 Å². The van der Waals surface area contributed by atoms with Crippen molar-refractivity contribution in [3.8, 4) is 0 Å². The number of benzene rings is 1. The molecule has 6 heteroatoms. The van der Waals surface area contributed by atoms with E-state index >= 15 is 0 Å². The number of hydrogen-bond acceptors (Lipinski definition) is 4. The molecule has 6 nitrogen and oxygen atoms in total. The summed E-state index contributed by atoms with van der Waals surface area (Å²) in [5, 5.41) is 9.17. The van der Waals surface area contributed by atoms with Gasteiger partial charge >= 0.3 is 5.97 Å². The number of amides is 1. The van der Waals surface area contributed by atoms with E-state index in [9.17, 15) is 9.59 Å². The van der Waals surface area contributed by atoms with Gasteiger partial charge < -0.3 is 15.6 Å². The molecule has 0 aliphatic carbocycles. The van der Waals surface area contributed by atoms with Crippen LogP contribution < -0.4 is 5.73 Å². The van der Waals surface area contributed by atoms with Crippen molar-refractivity contribution in [1.82, 2.24) is 4.90 Å². The van der Waals surface area contributed by atoms with Crippen LogP contribution in [0.1, 0.15) is 22.8 Å². The average molecular weight is 278 g/mol. The van der Waals surface area contributed by atoms with Crippen molar-refractivity contribution >= 4 is 11.9 Å². The molecule has 1 aliphatic heterocycles. The number of carbonyl (C=O) groups excluding carboxylic acids is 1. The van der Waals surface area contributed by atoms with Gasteiger partial charge in [0, 0.05) is 19.6 Å². The maximum Gasteiger partial charge on any atom is 0.336 e. The number of hydrogen-bond donors (Lipinski definition) is 2. The summed E-state index contributed by atoms with van der Waals surface area (Å²) in [5.41, 5.74) is 5.33. The fourth-order valence-electron chi connectivity index (χ4n) is 2.34. The molecule has 0 bridgehead atoms. The van der Waals surface area contributed by atoms with E-state index in [4.69, 9.17) is 15.6 Å². The number of rotatable bonds is 4. The molecule has 3 N–H and O–H groups in total. The molecule has 2 rings (SSSR count). The van der Waals surface area contributed by atoms with Crippen LogP contribution in [-0.4, -0.2) is 47.2 Å². The van der Waals surface area contributed by atoms with E-state index in [0.29, 0.717) is 31.8 Å². The van der Waals surface area contributed by atoms with Gasteiger partial charge in [-0.2, -0.15) is 0 Å². The van der Waals surface area contributed by atoms with E-state index in [0.717, 1.165) is 0 Å². The maximum absolute atomic E-state index is 11.4. The molecule has 0 aromatic heterocycles. The molecule has 1 saturated heterocycles. The molecule has 108 valence electrons. The van der Waals surface area contributed by atoms with E-state index in [1.807, 2.05) is 4.90 Å². The minimum atomic E-state index is -1.02. The van der Waals surface area contributed by atoms with Crippen LogP contribution in [0.25, 0.3) is 0 Å². The zero-order chi connectivity index (χ0) is 14.8. The van der Waals surface area contributed by atoms with Gasteiger partial charge in [-0.25, -0.2) is 4.79 Å². The Kier molecular flexibility index (Phi) is 4.06. The highest BCUT2D eigenvalue weighted by atomic mass is 16.5. The predicted octanol–water partition coefficient (Wildman–Crippen LogP) is 0.461. The predicted molar refractivity (Wildman–Crippen MR) is 72.2 cm³/mol. The van der Waals surface area contributed by atoms with Gasteiger partial charge in [-0.05, 0) is 18.6 Å². The number of nitrogens with two attached hydrogens (primary N) is 1. The van der Waals surface area contributed by atoms with Crippen molar-refractivity contribution in [3.05, 3.63) is 35.4 Å². The second-order valence-corrected chi connectivity index (χ2v) is 5.12. The van der Waals surface area contributed by atoms with Gasteiger partial charge in [0.1, 0.15) is 0 Å². The quantitative estimate of drug-likeness (QED) is 0.834. The summed E-state index contributed by atoms with van der Waals surface area (Å²) in [5.74, 6) is -1.46. The molecule has 0 unspecified atom stereocenters. The molecular formula is C14H18N2O4. The van der Waals surface area contributed by atoms with Crippen molar-refractivity contribution in [3.63, 3.8) is 0 Å². The summed E-state index contributed by atoms with van der Waals surface area (Å²) < 4.78 is 5.44. The number of carbonyl (C=O) groups is 2. The lowest BCUT2D eigenvalue weighted by molar-refractivity contribution is -0.153. The highest BCUT2D eigenvalue weighted by Gasteiger charge is 2.37. The van der Waals surface area contributed by atoms with Crippen LogP contribution in [0, 0.1) is 0 Å². The first kappa shape index (κ1) is 14.5. The third-order valence-electron chi connectivity index (χ3n) is 3.52. The lowest BCUT2D eigenvalue weighted by Crippen LogP contribution is -2.56. The smallest absolute Gasteiger partial charge is 0.336 e. The normalized spacial score (nSPS) is 23.4. The largest absolute Gasteiger partial charge is 0.478 e. The Morgan fingerprint density at radius 3 is 2.80 bits per heavy atom. The Labute approximate surface area is 117 Å². The number of carboxylic acid groups (broad SMARTS) is 1. The van der Waals surface area contributed by atoms with Crippen molar-refractivity contribution in [2.75, 3.05) is 19.7 Å². The average Bonchev–Trinajstić information content (AvgIpc) is 2.39. The summed E-state index contributed by atoms with van der Waals surface area (Å²) >= 11 is 0. The molecule has 1 atom stereocenters. The van der Waals surface area contributed by atoms with Gasteiger partial charge in [0.2, 0.25) is 0 Å². The summed E-state index contributed by atoms with van der Waals surface area (Å²) in [7, 11) is 0. The lowest BCUT2D eigenvalue weighted by Gasteiger charge is -2.38. The number of carboxylic acids is 1. The van der Waals surface area contributed by atoms with Crippen LogP contribution >= 0.6 is 0 Å². The Morgan fingerprint density at radius 2 is 2.15 bits per heavy atom. The topological polar surface area (TPSA) is 92.9 Å². The summed E-state index contributed by atoms with van der Waals surface area (Å²) in [4.78, 5) is 24.6. The maximum atomic E-state index is 11.4. The first-order valence-corrected chi connectivity index (χ1v) is 6.40. The van der Waals surface area contributed by atoms with E-state index < -0.39 is 17.5 Å². The Bertz CT molecular complexity index is 532. The minimum absolute atomic E-state index is 0.278. The summed E-state index contributed by atoms with van der Waals surface area (Å²) in [6.45, 7) is 3.50. The summed E-state index contributed by atoms with van der Waals surface area (Å²) in [6, 6.07) is 6.85. The number of morpholine rings is 1. The highest BCUT2D eigenvalue weighted by molar-refractivity contribution is 5.89. The van der Waals surface area contributed by atoms with Crippen LogP contribution in [0.3, 0.4) is 0 Å². The van der Waals surface area contributed by atoms with Gasteiger partial charge in [-0.3, -0.25) is 9.69 Å². The SMILES string of the molecule is C[C@@]1(C(N)=O)CN(Cc2ccccc2C(=O)O)CCO1. The second kappa shape index (κ2) is 5.60. The van der Waals surface area contributed by atoms with Crippen molar-refractivity contribution in [1.29, 1.82) is 0 Å². The van der Waals surface area contributed by atoms with Gasteiger partial charge in [0.05, 0.1) is 12.2 Å². The molecule has 1 fully saturated rings. The number of aromatic carboxylic acids is 1. The summed E-state index contributed by atoms with van der Waals surface area (Å²) in [6.07, 6.45) is 0. The van der Waals surface area contributed by atoms with Gasteiger partial charge in [0.15, 0.2) is 5.60 Å². The molecule has 0 radical (unpaired) electrons. The fourth-order valence-corrected chi connectivity index (χ4v) is 2.34. The first-order valence-electron chi connectivity index (χ1n) is 6.40. The molecule has 1 aliphatic rings. The molecule has 1 amide bonds. The van der Waals surface area contributed by atoms with Crippen LogP contribution in [0.4, 0.5) is 0 Å². The molecule has 0 saturated carbocycles.